The molecular weight excluding hydrogens is 236 g/mol. The molecule has 0 saturated heterocycles. The maximum Gasteiger partial charge on any atom is 0.341 e. The summed E-state index contributed by atoms with van der Waals surface area (Å²) in [5.41, 5.74) is 0.585. The van der Waals surface area contributed by atoms with Crippen LogP contribution in [0.25, 0.3) is 6.08 Å². The van der Waals surface area contributed by atoms with Gasteiger partial charge in [-0.2, -0.15) is 0 Å². The van der Waals surface area contributed by atoms with Crippen LogP contribution in [0.1, 0.15) is 12.5 Å². The normalized spacial score (nSPS) is 13.3. The number of ketones is 1. The summed E-state index contributed by atoms with van der Waals surface area (Å²) < 4.78 is 15.1. The Morgan fingerprint density at radius 3 is 2.78 bits per heavy atom. The third-order valence-electron chi connectivity index (χ3n) is 2.51. The standard InChI is InChI=1S/C13H12O5/c1-8(14)10(13(15)16-2)6-9-4-3-5-11-12(9)18-7-17-11/h3-6H,7H2,1-2H3. The van der Waals surface area contributed by atoms with Crippen LogP contribution in [-0.4, -0.2) is 25.7 Å². The van der Waals surface area contributed by atoms with Gasteiger partial charge in [0.15, 0.2) is 17.3 Å². The van der Waals surface area contributed by atoms with E-state index in [0.29, 0.717) is 17.1 Å². The van der Waals surface area contributed by atoms with Gasteiger partial charge >= 0.3 is 5.97 Å². The summed E-state index contributed by atoms with van der Waals surface area (Å²) in [5, 5.41) is 0. The van der Waals surface area contributed by atoms with Crippen molar-refractivity contribution in [3.63, 3.8) is 0 Å². The number of carbonyl (C=O) groups is 2. The smallest absolute Gasteiger partial charge is 0.341 e. The fraction of sp³-hybridized carbons (Fsp3) is 0.231. The first kappa shape index (κ1) is 12.2. The minimum atomic E-state index is -0.668. The first-order valence-corrected chi connectivity index (χ1v) is 5.33. The average molecular weight is 248 g/mol. The number of fused-ring (bicyclic) bond motifs is 1. The van der Waals surface area contributed by atoms with E-state index in [4.69, 9.17) is 9.47 Å². The van der Waals surface area contributed by atoms with E-state index >= 15 is 0 Å². The third kappa shape index (κ3) is 2.20. The number of methoxy groups -OCH3 is 1. The lowest BCUT2D eigenvalue weighted by Gasteiger charge is -2.04. The number of carbonyl (C=O) groups excluding carboxylic acids is 2. The molecular formula is C13H12O5. The molecule has 5 heteroatoms. The molecule has 1 heterocycles. The molecule has 18 heavy (non-hydrogen) atoms. The fourth-order valence-electron chi connectivity index (χ4n) is 1.64. The quantitative estimate of drug-likeness (QED) is 0.351. The van der Waals surface area contributed by atoms with Crippen LogP contribution in [-0.2, 0) is 14.3 Å². The van der Waals surface area contributed by atoms with Crippen molar-refractivity contribution in [3.8, 4) is 11.5 Å². The molecule has 1 aliphatic heterocycles. The van der Waals surface area contributed by atoms with Crippen LogP contribution in [0.4, 0.5) is 0 Å². The second kappa shape index (κ2) is 4.91. The van der Waals surface area contributed by atoms with Crippen LogP contribution < -0.4 is 9.47 Å². The molecule has 94 valence electrons. The average Bonchev–Trinajstić information content (AvgIpc) is 2.83. The van der Waals surface area contributed by atoms with Gasteiger partial charge < -0.3 is 14.2 Å². The second-order valence-corrected chi connectivity index (χ2v) is 3.69. The van der Waals surface area contributed by atoms with Gasteiger partial charge in [-0.1, -0.05) is 12.1 Å². The molecule has 0 radical (unpaired) electrons. The Balaban J connectivity index is 2.45. The molecule has 0 aromatic heterocycles. The zero-order chi connectivity index (χ0) is 13.1. The van der Waals surface area contributed by atoms with Gasteiger partial charge in [0.2, 0.25) is 6.79 Å². The Labute approximate surface area is 104 Å². The van der Waals surface area contributed by atoms with E-state index in [-0.39, 0.29) is 18.1 Å². The summed E-state index contributed by atoms with van der Waals surface area (Å²) in [4.78, 5) is 22.9. The summed E-state index contributed by atoms with van der Waals surface area (Å²) in [5.74, 6) is 0.0917. The topological polar surface area (TPSA) is 61.8 Å². The van der Waals surface area contributed by atoms with Crippen molar-refractivity contribution in [1.29, 1.82) is 0 Å². The number of para-hydroxylation sites is 1. The number of Topliss-reactive ketones (excluding diaryl/α,β-unsaturated/α-hetero) is 1. The molecule has 0 spiro atoms. The van der Waals surface area contributed by atoms with Crippen LogP contribution in [0.2, 0.25) is 0 Å². The van der Waals surface area contributed by atoms with Crippen LogP contribution in [0.15, 0.2) is 23.8 Å². The van der Waals surface area contributed by atoms with E-state index in [1.807, 2.05) is 0 Å². The maximum absolute atomic E-state index is 11.5. The predicted octanol–water partition coefficient (Wildman–Crippen LogP) is 1.56. The number of rotatable bonds is 3. The van der Waals surface area contributed by atoms with Crippen molar-refractivity contribution >= 4 is 17.8 Å². The van der Waals surface area contributed by atoms with Gasteiger partial charge in [-0.3, -0.25) is 4.79 Å². The molecule has 0 amide bonds. The highest BCUT2D eigenvalue weighted by atomic mass is 16.7. The Morgan fingerprint density at radius 2 is 2.11 bits per heavy atom. The Kier molecular flexibility index (Phi) is 3.32. The van der Waals surface area contributed by atoms with Gasteiger partial charge in [-0.05, 0) is 19.1 Å². The molecule has 1 aromatic carbocycles. The van der Waals surface area contributed by atoms with E-state index in [1.54, 1.807) is 18.2 Å². The van der Waals surface area contributed by atoms with Crippen molar-refractivity contribution in [2.75, 3.05) is 13.9 Å². The highest BCUT2D eigenvalue weighted by Crippen LogP contribution is 2.36. The molecule has 0 aliphatic carbocycles. The monoisotopic (exact) mass is 248 g/mol. The van der Waals surface area contributed by atoms with Gasteiger partial charge in [0, 0.05) is 5.56 Å². The number of hydrogen-bond acceptors (Lipinski definition) is 5. The molecule has 0 atom stereocenters. The predicted molar refractivity (Wildman–Crippen MR) is 63.2 cm³/mol. The SMILES string of the molecule is COC(=O)C(=Cc1cccc2c1OCO2)C(C)=O. The number of hydrogen-bond donors (Lipinski definition) is 0. The largest absolute Gasteiger partial charge is 0.465 e. The Morgan fingerprint density at radius 1 is 1.33 bits per heavy atom. The minimum Gasteiger partial charge on any atom is -0.465 e. The van der Waals surface area contributed by atoms with Crippen molar-refractivity contribution in [2.45, 2.75) is 6.92 Å². The lowest BCUT2D eigenvalue weighted by atomic mass is 10.1. The summed E-state index contributed by atoms with van der Waals surface area (Å²) >= 11 is 0. The van der Waals surface area contributed by atoms with Crippen LogP contribution >= 0.6 is 0 Å². The van der Waals surface area contributed by atoms with Crippen LogP contribution in [0, 0.1) is 0 Å². The van der Waals surface area contributed by atoms with Crippen molar-refractivity contribution in [1.82, 2.24) is 0 Å². The highest BCUT2D eigenvalue weighted by Gasteiger charge is 2.20. The first-order chi connectivity index (χ1) is 8.63. The molecule has 0 unspecified atom stereocenters. The second-order valence-electron chi connectivity index (χ2n) is 3.69. The molecule has 0 saturated carbocycles. The van der Waals surface area contributed by atoms with Crippen LogP contribution in [0.5, 0.6) is 11.5 Å². The Hall–Kier alpha value is -2.30. The minimum absolute atomic E-state index is 0.0265. The van der Waals surface area contributed by atoms with E-state index in [2.05, 4.69) is 4.74 Å². The van der Waals surface area contributed by atoms with Gasteiger partial charge in [0.25, 0.3) is 0 Å². The third-order valence-corrected chi connectivity index (χ3v) is 2.51. The molecule has 0 bridgehead atoms. The maximum atomic E-state index is 11.5. The first-order valence-electron chi connectivity index (χ1n) is 5.33. The van der Waals surface area contributed by atoms with Crippen LogP contribution in [0.3, 0.4) is 0 Å². The summed E-state index contributed by atoms with van der Waals surface area (Å²) in [7, 11) is 1.23. The lowest BCUT2D eigenvalue weighted by Crippen LogP contribution is -2.11. The van der Waals surface area contributed by atoms with Gasteiger partial charge in [0.05, 0.1) is 7.11 Å². The van der Waals surface area contributed by atoms with Gasteiger partial charge in [-0.25, -0.2) is 4.79 Å². The summed E-state index contributed by atoms with van der Waals surface area (Å²) in [6.45, 7) is 1.44. The molecule has 0 N–H and O–H groups in total. The zero-order valence-electron chi connectivity index (χ0n) is 10.1. The van der Waals surface area contributed by atoms with E-state index in [1.165, 1.54) is 20.1 Å². The Bertz CT molecular complexity index is 530. The summed E-state index contributed by atoms with van der Waals surface area (Å²) in [6, 6.07) is 5.25. The molecule has 1 aromatic rings. The fourth-order valence-corrected chi connectivity index (χ4v) is 1.64. The van der Waals surface area contributed by atoms with E-state index in [9.17, 15) is 9.59 Å². The van der Waals surface area contributed by atoms with Crippen molar-refractivity contribution < 1.29 is 23.8 Å². The highest BCUT2D eigenvalue weighted by molar-refractivity contribution is 6.19. The number of esters is 1. The molecule has 5 nitrogen and oxygen atoms in total. The lowest BCUT2D eigenvalue weighted by molar-refractivity contribution is -0.137. The van der Waals surface area contributed by atoms with Crippen molar-refractivity contribution in [2.24, 2.45) is 0 Å². The van der Waals surface area contributed by atoms with Gasteiger partial charge in [-0.15, -0.1) is 0 Å². The molecule has 2 rings (SSSR count). The zero-order valence-corrected chi connectivity index (χ0v) is 10.1. The van der Waals surface area contributed by atoms with Gasteiger partial charge in [0.1, 0.15) is 5.57 Å². The molecule has 1 aliphatic rings. The van der Waals surface area contributed by atoms with E-state index in [0.717, 1.165) is 0 Å². The summed E-state index contributed by atoms with van der Waals surface area (Å²) in [6.07, 6.45) is 1.45. The van der Waals surface area contributed by atoms with E-state index < -0.39 is 5.97 Å². The number of ether oxygens (including phenoxy) is 3. The van der Waals surface area contributed by atoms with Crippen molar-refractivity contribution in [3.05, 3.63) is 29.3 Å². The molecule has 0 fully saturated rings. The number of benzene rings is 1.